The fourth-order valence-electron chi connectivity index (χ4n) is 6.49. The number of nitrogens with zero attached hydrogens (tertiary/aromatic N) is 2. The van der Waals surface area contributed by atoms with E-state index in [-0.39, 0.29) is 11.8 Å². The molecule has 0 bridgehead atoms. The van der Waals surface area contributed by atoms with Crippen molar-refractivity contribution in [2.24, 2.45) is 0 Å². The highest BCUT2D eigenvalue weighted by Gasteiger charge is 2.28. The van der Waals surface area contributed by atoms with Crippen LogP contribution in [0, 0.1) is 6.92 Å². The normalized spacial score (nSPS) is 18.0. The molecule has 6 rings (SSSR count). The van der Waals surface area contributed by atoms with Gasteiger partial charge in [-0.25, -0.2) is 0 Å². The van der Waals surface area contributed by atoms with Crippen molar-refractivity contribution >= 4 is 27.2 Å². The number of hydrogen-bond donors (Lipinski definition) is 1. The summed E-state index contributed by atoms with van der Waals surface area (Å²) in [4.78, 5) is 18.1. The van der Waals surface area contributed by atoms with Crippen LogP contribution in [0.25, 0.3) is 20.5 Å². The predicted octanol–water partition coefficient (Wildman–Crippen LogP) is 7.20. The van der Waals surface area contributed by atoms with Crippen molar-refractivity contribution in [3.8, 4) is 21.9 Å². The quantitative estimate of drug-likeness (QED) is 0.219. The van der Waals surface area contributed by atoms with Gasteiger partial charge < -0.3 is 9.84 Å². The van der Waals surface area contributed by atoms with Crippen LogP contribution in [0.2, 0.25) is 0 Å². The summed E-state index contributed by atoms with van der Waals surface area (Å²) < 4.78 is 7.15. The molecule has 2 fully saturated rings. The van der Waals surface area contributed by atoms with Gasteiger partial charge in [-0.3, -0.25) is 14.6 Å². The van der Waals surface area contributed by atoms with Crippen LogP contribution in [0.1, 0.15) is 54.9 Å². The molecule has 1 atom stereocenters. The molecule has 2 saturated heterocycles. The highest BCUT2D eigenvalue weighted by Crippen LogP contribution is 2.41. The molecule has 3 aromatic carbocycles. The zero-order valence-corrected chi connectivity index (χ0v) is 25.0. The maximum absolute atomic E-state index is 12.1. The van der Waals surface area contributed by atoms with Gasteiger partial charge >= 0.3 is 0 Å². The van der Waals surface area contributed by atoms with Crippen LogP contribution < -0.4 is 4.74 Å². The number of rotatable bonds is 10. The third-order valence-electron chi connectivity index (χ3n) is 8.76. The number of ether oxygens (including phenoxy) is 1. The van der Waals surface area contributed by atoms with Gasteiger partial charge in [0.2, 0.25) is 0 Å². The number of likely N-dealkylation sites (tertiary alicyclic amines) is 2. The number of ketones is 1. The lowest BCUT2D eigenvalue weighted by Gasteiger charge is -2.23. The molecule has 0 aliphatic carbocycles. The van der Waals surface area contributed by atoms with Crippen LogP contribution in [0.4, 0.5) is 0 Å². The molecular weight excluding hydrogens is 528 g/mol. The Kier molecular flexibility index (Phi) is 8.42. The molecular formula is C35H40N2O3S. The molecule has 4 aromatic rings. The lowest BCUT2D eigenvalue weighted by molar-refractivity contribution is -0.121. The Morgan fingerprint density at radius 3 is 2.56 bits per heavy atom. The van der Waals surface area contributed by atoms with Crippen LogP contribution >= 0.6 is 11.3 Å². The molecule has 1 aromatic heterocycles. The van der Waals surface area contributed by atoms with E-state index in [0.29, 0.717) is 5.75 Å². The summed E-state index contributed by atoms with van der Waals surface area (Å²) in [6, 6.07) is 21.0. The minimum atomic E-state index is 0.0621. The second-order valence-corrected chi connectivity index (χ2v) is 12.7. The number of hydrogen-bond acceptors (Lipinski definition) is 6. The molecule has 5 nitrogen and oxygen atoms in total. The first-order valence-corrected chi connectivity index (χ1v) is 15.8. The van der Waals surface area contributed by atoms with E-state index in [4.69, 9.17) is 4.74 Å². The summed E-state index contributed by atoms with van der Waals surface area (Å²) in [6.45, 7) is 9.80. The lowest BCUT2D eigenvalue weighted by Crippen LogP contribution is -2.34. The van der Waals surface area contributed by atoms with Crippen molar-refractivity contribution in [2.45, 2.75) is 58.5 Å². The maximum Gasteiger partial charge on any atom is 0.146 e. The summed E-state index contributed by atoms with van der Waals surface area (Å²) in [6.07, 6.45) is 5.48. The van der Waals surface area contributed by atoms with Gasteiger partial charge in [-0.05, 0) is 141 Å². The van der Waals surface area contributed by atoms with E-state index < -0.39 is 0 Å². The number of aromatic hydroxyl groups is 1. The van der Waals surface area contributed by atoms with Crippen molar-refractivity contribution < 1.29 is 14.6 Å². The Bertz CT molecular complexity index is 1520. The first-order chi connectivity index (χ1) is 19.9. The maximum atomic E-state index is 12.1. The number of benzene rings is 3. The molecule has 0 saturated carbocycles. The van der Waals surface area contributed by atoms with E-state index in [0.717, 1.165) is 56.0 Å². The minimum absolute atomic E-state index is 0.0621. The number of phenolic OH excluding ortho intramolecular Hbond substituents is 1. The van der Waals surface area contributed by atoms with E-state index in [9.17, 15) is 9.90 Å². The van der Waals surface area contributed by atoms with E-state index in [1.54, 1.807) is 24.3 Å². The van der Waals surface area contributed by atoms with Gasteiger partial charge in [-0.15, -0.1) is 11.3 Å². The van der Waals surface area contributed by atoms with Crippen LogP contribution in [0.5, 0.6) is 11.5 Å². The summed E-state index contributed by atoms with van der Waals surface area (Å²) in [5, 5.41) is 11.4. The van der Waals surface area contributed by atoms with Gasteiger partial charge in [0.1, 0.15) is 23.9 Å². The second-order valence-electron chi connectivity index (χ2n) is 11.7. The average Bonchev–Trinajstić information content (AvgIpc) is 3.72. The highest BCUT2D eigenvalue weighted by molar-refractivity contribution is 7.22. The standard InChI is InChI=1S/C35H40N2O3S/c1-24-20-26(7-8-28(24)23-37-17-5-6-33(37)25(2)38)21-32-31-14-11-29(39)22-34(31)41-35(32)27-9-12-30(13-10-27)40-19-18-36-15-3-4-16-36/h7-14,20,22,33,39H,3-6,15-19,21,23H2,1-2H3. The number of thiophene rings is 1. The van der Waals surface area contributed by atoms with E-state index in [1.807, 2.05) is 12.1 Å². The monoisotopic (exact) mass is 568 g/mol. The molecule has 2 aliphatic heterocycles. The predicted molar refractivity (Wildman–Crippen MR) is 168 cm³/mol. The smallest absolute Gasteiger partial charge is 0.146 e. The van der Waals surface area contributed by atoms with Crippen LogP contribution in [-0.4, -0.2) is 59.5 Å². The molecule has 0 spiro atoms. The molecule has 41 heavy (non-hydrogen) atoms. The van der Waals surface area contributed by atoms with Crippen molar-refractivity contribution in [3.05, 3.63) is 82.9 Å². The molecule has 6 heteroatoms. The fraction of sp³-hybridized carbons (Fsp3) is 0.400. The highest BCUT2D eigenvalue weighted by atomic mass is 32.1. The molecule has 0 radical (unpaired) electrons. The Morgan fingerprint density at radius 1 is 1.00 bits per heavy atom. The first-order valence-electron chi connectivity index (χ1n) is 15.0. The Balaban J connectivity index is 1.22. The summed E-state index contributed by atoms with van der Waals surface area (Å²) in [5.74, 6) is 1.48. The van der Waals surface area contributed by atoms with Gasteiger partial charge in [0.15, 0.2) is 0 Å². The van der Waals surface area contributed by atoms with Gasteiger partial charge in [0.25, 0.3) is 0 Å². The largest absolute Gasteiger partial charge is 0.508 e. The van der Waals surface area contributed by atoms with E-state index >= 15 is 0 Å². The number of fused-ring (bicyclic) bond motifs is 1. The molecule has 214 valence electrons. The number of carbonyl (C=O) groups excluding carboxylic acids is 1. The summed E-state index contributed by atoms with van der Waals surface area (Å²) in [7, 11) is 0. The van der Waals surface area contributed by atoms with Crippen molar-refractivity contribution in [3.63, 3.8) is 0 Å². The lowest BCUT2D eigenvalue weighted by atomic mass is 9.96. The molecule has 0 amide bonds. The van der Waals surface area contributed by atoms with E-state index in [2.05, 4.69) is 59.2 Å². The van der Waals surface area contributed by atoms with Crippen molar-refractivity contribution in [1.82, 2.24) is 9.80 Å². The number of aryl methyl sites for hydroxylation is 1. The van der Waals surface area contributed by atoms with Gasteiger partial charge in [-0.2, -0.15) is 0 Å². The first kappa shape index (κ1) is 28.0. The Hall–Kier alpha value is -3.19. The van der Waals surface area contributed by atoms with Crippen molar-refractivity contribution in [2.75, 3.05) is 32.8 Å². The molecule has 1 unspecified atom stereocenters. The summed E-state index contributed by atoms with van der Waals surface area (Å²) in [5.41, 5.74) is 6.29. The van der Waals surface area contributed by atoms with Crippen LogP contribution in [-0.2, 0) is 17.8 Å². The van der Waals surface area contributed by atoms with Gasteiger partial charge in [0, 0.05) is 22.7 Å². The van der Waals surface area contributed by atoms with Gasteiger partial charge in [-0.1, -0.05) is 18.2 Å². The average molecular weight is 569 g/mol. The topological polar surface area (TPSA) is 53.0 Å². The Labute approximate surface area is 247 Å². The molecule has 1 N–H and O–H groups in total. The van der Waals surface area contributed by atoms with Gasteiger partial charge in [0.05, 0.1) is 6.04 Å². The van der Waals surface area contributed by atoms with Crippen LogP contribution in [0.15, 0.2) is 60.7 Å². The Morgan fingerprint density at radius 2 is 1.80 bits per heavy atom. The third-order valence-corrected chi connectivity index (χ3v) is 10.0. The number of phenols is 1. The SMILES string of the molecule is CC(=O)C1CCCN1Cc1ccc(Cc2c(-c3ccc(OCCN4CCCC4)cc3)sc3cc(O)ccc23)cc1C. The third kappa shape index (κ3) is 6.35. The minimum Gasteiger partial charge on any atom is -0.508 e. The van der Waals surface area contributed by atoms with Crippen LogP contribution in [0.3, 0.4) is 0 Å². The second kappa shape index (κ2) is 12.4. The van der Waals surface area contributed by atoms with Crippen molar-refractivity contribution in [1.29, 1.82) is 0 Å². The molecule has 2 aliphatic rings. The molecule has 3 heterocycles. The number of Topliss-reactive ketones (excluding diaryl/α,β-unsaturated/α-hetero) is 1. The van der Waals surface area contributed by atoms with E-state index in [1.165, 1.54) is 64.0 Å². The zero-order valence-electron chi connectivity index (χ0n) is 24.2. The fourth-order valence-corrected chi connectivity index (χ4v) is 7.75. The summed E-state index contributed by atoms with van der Waals surface area (Å²) >= 11 is 1.74. The zero-order chi connectivity index (χ0) is 28.3. The number of carbonyl (C=O) groups is 1.